The van der Waals surface area contributed by atoms with Gasteiger partial charge in [0.15, 0.2) is 0 Å². The highest BCUT2D eigenvalue weighted by Crippen LogP contribution is 2.29. The summed E-state index contributed by atoms with van der Waals surface area (Å²) >= 11 is 1.75. The molecule has 0 bridgehead atoms. The number of nitrogens with one attached hydrogen (secondary N) is 2. The van der Waals surface area contributed by atoms with E-state index in [1.165, 1.54) is 4.70 Å². The first-order valence-corrected chi connectivity index (χ1v) is 9.16. The van der Waals surface area contributed by atoms with Crippen LogP contribution in [0, 0.1) is 0 Å². The van der Waals surface area contributed by atoms with Crippen molar-refractivity contribution in [1.29, 1.82) is 0 Å². The largest absolute Gasteiger partial charge is 0.322 e. The van der Waals surface area contributed by atoms with Gasteiger partial charge in [-0.1, -0.05) is 12.1 Å². The third-order valence-electron chi connectivity index (χ3n) is 4.57. The molecule has 4 rings (SSSR count). The number of thiazole rings is 1. The van der Waals surface area contributed by atoms with E-state index in [2.05, 4.69) is 39.5 Å². The summed E-state index contributed by atoms with van der Waals surface area (Å²) < 4.78 is 1.22. The minimum atomic E-state index is -0.0753. The first-order valence-electron chi connectivity index (χ1n) is 8.35. The first kappa shape index (κ1) is 16.0. The van der Waals surface area contributed by atoms with Gasteiger partial charge in [0, 0.05) is 32.4 Å². The maximum absolute atomic E-state index is 12.3. The van der Waals surface area contributed by atoms with Gasteiger partial charge in [-0.2, -0.15) is 5.10 Å². The Labute approximate surface area is 149 Å². The van der Waals surface area contributed by atoms with Gasteiger partial charge in [0.1, 0.15) is 5.01 Å². The van der Waals surface area contributed by atoms with Crippen LogP contribution < -0.4 is 5.32 Å². The summed E-state index contributed by atoms with van der Waals surface area (Å²) in [4.78, 5) is 21.3. The average molecular weight is 356 g/mol. The van der Waals surface area contributed by atoms with Crippen LogP contribution in [-0.2, 0) is 0 Å². The molecular formula is C17H20N6OS. The zero-order valence-corrected chi connectivity index (χ0v) is 14.8. The van der Waals surface area contributed by atoms with Crippen LogP contribution in [0.4, 0.5) is 10.5 Å². The smallest absolute Gasteiger partial charge is 0.322 e. The van der Waals surface area contributed by atoms with Crippen LogP contribution in [0.3, 0.4) is 0 Å². The standard InChI is InChI=1S/C17H20N6OS/c1-12(16-21-14-4-2-3-5-15(14)25-16)22-6-8-23(9-7-22)17(24)20-13-10-18-19-11-13/h2-5,10-12H,6-9H2,1H3,(H,18,19)(H,20,24)/t12-/m0/s1. The highest BCUT2D eigenvalue weighted by Gasteiger charge is 2.26. The van der Waals surface area contributed by atoms with Gasteiger partial charge in [0.25, 0.3) is 0 Å². The highest BCUT2D eigenvalue weighted by atomic mass is 32.1. The van der Waals surface area contributed by atoms with E-state index in [-0.39, 0.29) is 12.1 Å². The molecule has 0 saturated carbocycles. The lowest BCUT2D eigenvalue weighted by molar-refractivity contribution is 0.119. The molecule has 130 valence electrons. The molecule has 0 spiro atoms. The van der Waals surface area contributed by atoms with E-state index < -0.39 is 0 Å². The number of hydrogen-bond acceptors (Lipinski definition) is 5. The summed E-state index contributed by atoms with van der Waals surface area (Å²) in [6, 6.07) is 8.42. The number of hydrogen-bond donors (Lipinski definition) is 2. The lowest BCUT2D eigenvalue weighted by atomic mass is 10.2. The zero-order valence-electron chi connectivity index (χ0n) is 14.0. The summed E-state index contributed by atoms with van der Waals surface area (Å²) in [5.41, 5.74) is 1.75. The molecule has 8 heteroatoms. The maximum Gasteiger partial charge on any atom is 0.322 e. The topological polar surface area (TPSA) is 77.2 Å². The van der Waals surface area contributed by atoms with Crippen molar-refractivity contribution < 1.29 is 4.79 Å². The fourth-order valence-electron chi connectivity index (χ4n) is 3.06. The predicted molar refractivity (Wildman–Crippen MR) is 98.8 cm³/mol. The van der Waals surface area contributed by atoms with E-state index >= 15 is 0 Å². The number of aromatic amines is 1. The Hall–Kier alpha value is -2.45. The van der Waals surface area contributed by atoms with Gasteiger partial charge in [-0.05, 0) is 19.1 Å². The van der Waals surface area contributed by atoms with Crippen molar-refractivity contribution in [3.63, 3.8) is 0 Å². The number of fused-ring (bicyclic) bond motifs is 1. The van der Waals surface area contributed by atoms with E-state index in [1.807, 2.05) is 17.0 Å². The molecular weight excluding hydrogens is 336 g/mol. The predicted octanol–water partition coefficient (Wildman–Crippen LogP) is 2.93. The quantitative estimate of drug-likeness (QED) is 0.756. The maximum atomic E-state index is 12.3. The normalized spacial score (nSPS) is 16.9. The second-order valence-corrected chi connectivity index (χ2v) is 7.20. The summed E-state index contributed by atoms with van der Waals surface area (Å²) in [7, 11) is 0. The fourth-order valence-corrected chi connectivity index (χ4v) is 4.11. The monoisotopic (exact) mass is 356 g/mol. The van der Waals surface area contributed by atoms with Crippen molar-refractivity contribution in [1.82, 2.24) is 25.0 Å². The first-order chi connectivity index (χ1) is 12.2. The van der Waals surface area contributed by atoms with Gasteiger partial charge < -0.3 is 10.2 Å². The van der Waals surface area contributed by atoms with Crippen molar-refractivity contribution in [2.45, 2.75) is 13.0 Å². The molecule has 2 amide bonds. The number of amides is 2. The van der Waals surface area contributed by atoms with Crippen LogP contribution in [0.25, 0.3) is 10.2 Å². The number of benzene rings is 1. The molecule has 1 aliphatic rings. The summed E-state index contributed by atoms with van der Waals surface area (Å²) in [5.74, 6) is 0. The number of carbonyl (C=O) groups excluding carboxylic acids is 1. The molecule has 0 unspecified atom stereocenters. The third-order valence-corrected chi connectivity index (χ3v) is 5.77. The van der Waals surface area contributed by atoms with Gasteiger partial charge in [-0.25, -0.2) is 9.78 Å². The lowest BCUT2D eigenvalue weighted by Crippen LogP contribution is -2.50. The SMILES string of the molecule is C[C@@H](c1nc2ccccc2s1)N1CCN(C(=O)Nc2cn[nH]c2)CC1. The number of para-hydroxylation sites is 1. The number of aromatic nitrogens is 3. The van der Waals surface area contributed by atoms with E-state index in [0.29, 0.717) is 18.8 Å². The number of rotatable bonds is 3. The Balaban J connectivity index is 1.37. The molecule has 2 aromatic heterocycles. The van der Waals surface area contributed by atoms with Gasteiger partial charge in [0.05, 0.1) is 28.1 Å². The van der Waals surface area contributed by atoms with E-state index in [1.54, 1.807) is 23.7 Å². The van der Waals surface area contributed by atoms with E-state index in [9.17, 15) is 4.79 Å². The molecule has 1 aliphatic heterocycles. The molecule has 1 aromatic carbocycles. The Morgan fingerprint density at radius 2 is 2.08 bits per heavy atom. The van der Waals surface area contributed by atoms with E-state index in [4.69, 9.17) is 4.98 Å². The number of anilines is 1. The van der Waals surface area contributed by atoms with Gasteiger partial charge in [-0.3, -0.25) is 10.00 Å². The highest BCUT2D eigenvalue weighted by molar-refractivity contribution is 7.18. The van der Waals surface area contributed by atoms with Gasteiger partial charge in [-0.15, -0.1) is 11.3 Å². The van der Waals surface area contributed by atoms with Crippen LogP contribution >= 0.6 is 11.3 Å². The molecule has 0 radical (unpaired) electrons. The Morgan fingerprint density at radius 3 is 2.80 bits per heavy atom. The summed E-state index contributed by atoms with van der Waals surface area (Å²) in [6.07, 6.45) is 3.27. The molecule has 0 aliphatic carbocycles. The van der Waals surface area contributed by atoms with Crippen LogP contribution in [0.1, 0.15) is 18.0 Å². The number of urea groups is 1. The van der Waals surface area contributed by atoms with Crippen LogP contribution in [-0.4, -0.2) is 57.2 Å². The third kappa shape index (κ3) is 3.35. The molecule has 3 aromatic rings. The van der Waals surface area contributed by atoms with Crippen LogP contribution in [0.2, 0.25) is 0 Å². The van der Waals surface area contributed by atoms with Gasteiger partial charge >= 0.3 is 6.03 Å². The van der Waals surface area contributed by atoms with Crippen molar-refractivity contribution in [2.75, 3.05) is 31.5 Å². The van der Waals surface area contributed by atoms with E-state index in [0.717, 1.165) is 23.6 Å². The zero-order chi connectivity index (χ0) is 17.2. The minimum absolute atomic E-state index is 0.0753. The Kier molecular flexibility index (Phi) is 4.37. The molecule has 25 heavy (non-hydrogen) atoms. The van der Waals surface area contributed by atoms with Crippen molar-refractivity contribution >= 4 is 33.3 Å². The molecule has 3 heterocycles. The van der Waals surface area contributed by atoms with Crippen molar-refractivity contribution in [3.05, 3.63) is 41.7 Å². The second-order valence-electron chi connectivity index (χ2n) is 6.14. The minimum Gasteiger partial charge on any atom is -0.322 e. The van der Waals surface area contributed by atoms with Crippen LogP contribution in [0.15, 0.2) is 36.7 Å². The second kappa shape index (κ2) is 6.81. The number of H-pyrrole nitrogens is 1. The molecule has 2 N–H and O–H groups in total. The van der Waals surface area contributed by atoms with Crippen molar-refractivity contribution in [2.24, 2.45) is 0 Å². The number of piperazine rings is 1. The van der Waals surface area contributed by atoms with Gasteiger partial charge in [0.2, 0.25) is 0 Å². The summed E-state index contributed by atoms with van der Waals surface area (Å²) in [6.45, 7) is 5.29. The molecule has 1 fully saturated rings. The molecule has 7 nitrogen and oxygen atoms in total. The fraction of sp³-hybridized carbons (Fsp3) is 0.353. The number of carbonyl (C=O) groups is 1. The Morgan fingerprint density at radius 1 is 1.28 bits per heavy atom. The molecule has 1 atom stereocenters. The summed E-state index contributed by atoms with van der Waals surface area (Å²) in [5, 5.41) is 10.5. The lowest BCUT2D eigenvalue weighted by Gasteiger charge is -2.37. The Bertz CT molecular complexity index is 820. The average Bonchev–Trinajstić information content (AvgIpc) is 3.30. The van der Waals surface area contributed by atoms with Crippen molar-refractivity contribution in [3.8, 4) is 0 Å². The molecule has 1 saturated heterocycles. The van der Waals surface area contributed by atoms with Crippen LogP contribution in [0.5, 0.6) is 0 Å². The number of nitrogens with zero attached hydrogens (tertiary/aromatic N) is 4.